The molecule has 5 heteroatoms. The molecule has 2 rings (SSSR count). The van der Waals surface area contributed by atoms with Gasteiger partial charge < -0.3 is 16.2 Å². The Labute approximate surface area is 112 Å². The van der Waals surface area contributed by atoms with Crippen LogP contribution in [0.25, 0.3) is 10.9 Å². The molecular weight excluding hydrogens is 240 g/mol. The molecule has 0 spiro atoms. The molecule has 0 radical (unpaired) electrons. The molecule has 0 aliphatic carbocycles. The Morgan fingerprint density at radius 3 is 2.68 bits per heavy atom. The summed E-state index contributed by atoms with van der Waals surface area (Å²) in [4.78, 5) is 8.43. The van der Waals surface area contributed by atoms with Crippen LogP contribution in [0.3, 0.4) is 0 Å². The molecule has 4 N–H and O–H groups in total. The van der Waals surface area contributed by atoms with Gasteiger partial charge in [-0.2, -0.15) is 0 Å². The van der Waals surface area contributed by atoms with Crippen LogP contribution in [-0.2, 0) is 0 Å². The first-order valence-electron chi connectivity index (χ1n) is 6.54. The maximum Gasteiger partial charge on any atom is 0.137 e. The standard InChI is InChI=1S/C14H20N4O/c1-3-14(19,4-2)8-16-13-11-6-5-10(15)7-12(11)17-9-18-13/h5-7,9,19H,3-4,8,15H2,1-2H3,(H,16,17,18). The second-order valence-electron chi connectivity index (χ2n) is 4.78. The molecule has 1 aromatic heterocycles. The van der Waals surface area contributed by atoms with Gasteiger partial charge in [-0.15, -0.1) is 0 Å². The molecule has 19 heavy (non-hydrogen) atoms. The van der Waals surface area contributed by atoms with Gasteiger partial charge >= 0.3 is 0 Å². The van der Waals surface area contributed by atoms with Crippen molar-refractivity contribution in [3.63, 3.8) is 0 Å². The summed E-state index contributed by atoms with van der Waals surface area (Å²) in [5.74, 6) is 0.727. The first-order chi connectivity index (χ1) is 9.08. The smallest absolute Gasteiger partial charge is 0.137 e. The van der Waals surface area contributed by atoms with Crippen molar-refractivity contribution < 1.29 is 5.11 Å². The molecule has 1 aromatic carbocycles. The minimum absolute atomic E-state index is 0.469. The Bertz CT molecular complexity index is 566. The van der Waals surface area contributed by atoms with Gasteiger partial charge in [0.2, 0.25) is 0 Å². The van der Waals surface area contributed by atoms with Crippen LogP contribution in [0.2, 0.25) is 0 Å². The molecular formula is C14H20N4O. The van der Waals surface area contributed by atoms with E-state index in [1.807, 2.05) is 32.0 Å². The number of anilines is 2. The molecule has 5 nitrogen and oxygen atoms in total. The minimum atomic E-state index is -0.703. The quantitative estimate of drug-likeness (QED) is 0.717. The van der Waals surface area contributed by atoms with E-state index in [4.69, 9.17) is 5.73 Å². The van der Waals surface area contributed by atoms with Gasteiger partial charge in [0.25, 0.3) is 0 Å². The molecule has 102 valence electrons. The Morgan fingerprint density at radius 1 is 1.26 bits per heavy atom. The van der Waals surface area contributed by atoms with Gasteiger partial charge in [0.15, 0.2) is 0 Å². The fourth-order valence-corrected chi connectivity index (χ4v) is 1.96. The van der Waals surface area contributed by atoms with Crippen molar-refractivity contribution in [3.05, 3.63) is 24.5 Å². The number of nitrogens with two attached hydrogens (primary N) is 1. The van der Waals surface area contributed by atoms with Crippen molar-refractivity contribution in [1.82, 2.24) is 9.97 Å². The Morgan fingerprint density at radius 2 is 2.00 bits per heavy atom. The van der Waals surface area contributed by atoms with E-state index in [0.717, 1.165) is 16.7 Å². The van der Waals surface area contributed by atoms with E-state index in [-0.39, 0.29) is 0 Å². The number of nitrogen functional groups attached to an aromatic ring is 1. The third-order valence-electron chi connectivity index (χ3n) is 3.56. The van der Waals surface area contributed by atoms with E-state index < -0.39 is 5.60 Å². The van der Waals surface area contributed by atoms with Gasteiger partial charge in [0.05, 0.1) is 11.1 Å². The van der Waals surface area contributed by atoms with Gasteiger partial charge in [-0.3, -0.25) is 0 Å². The molecule has 2 aromatic rings. The molecule has 0 aliphatic rings. The number of nitrogens with one attached hydrogen (secondary N) is 1. The summed E-state index contributed by atoms with van der Waals surface area (Å²) in [6.45, 7) is 4.42. The maximum atomic E-state index is 10.3. The van der Waals surface area contributed by atoms with E-state index in [1.165, 1.54) is 6.33 Å². The summed E-state index contributed by atoms with van der Waals surface area (Å²) in [5, 5.41) is 14.4. The van der Waals surface area contributed by atoms with Crippen LogP contribution < -0.4 is 11.1 Å². The van der Waals surface area contributed by atoms with Crippen LogP contribution >= 0.6 is 0 Å². The van der Waals surface area contributed by atoms with Crippen molar-refractivity contribution in [2.24, 2.45) is 0 Å². The van der Waals surface area contributed by atoms with Crippen molar-refractivity contribution in [3.8, 4) is 0 Å². The topological polar surface area (TPSA) is 84.1 Å². The molecule has 0 unspecified atom stereocenters. The molecule has 0 amide bonds. The van der Waals surface area contributed by atoms with Crippen LogP contribution in [0.5, 0.6) is 0 Å². The zero-order valence-corrected chi connectivity index (χ0v) is 11.3. The molecule has 0 atom stereocenters. The summed E-state index contributed by atoms with van der Waals surface area (Å²) in [6, 6.07) is 5.53. The van der Waals surface area contributed by atoms with E-state index in [9.17, 15) is 5.11 Å². The average Bonchev–Trinajstić information content (AvgIpc) is 2.44. The van der Waals surface area contributed by atoms with Crippen molar-refractivity contribution in [1.29, 1.82) is 0 Å². The van der Waals surface area contributed by atoms with Crippen LogP contribution in [-0.4, -0.2) is 27.2 Å². The lowest BCUT2D eigenvalue weighted by Crippen LogP contribution is -2.35. The zero-order chi connectivity index (χ0) is 13.9. The van der Waals surface area contributed by atoms with Gasteiger partial charge in [0.1, 0.15) is 12.1 Å². The largest absolute Gasteiger partial charge is 0.399 e. The van der Waals surface area contributed by atoms with Crippen molar-refractivity contribution >= 4 is 22.4 Å². The molecule has 0 fully saturated rings. The summed E-state index contributed by atoms with van der Waals surface area (Å²) in [7, 11) is 0. The Hall–Kier alpha value is -1.88. The number of benzene rings is 1. The number of hydrogen-bond acceptors (Lipinski definition) is 5. The van der Waals surface area contributed by atoms with Gasteiger partial charge in [-0.05, 0) is 31.0 Å². The zero-order valence-electron chi connectivity index (χ0n) is 11.3. The molecule has 0 saturated heterocycles. The van der Waals surface area contributed by atoms with Crippen LogP contribution in [0, 0.1) is 0 Å². The minimum Gasteiger partial charge on any atom is -0.399 e. The lowest BCUT2D eigenvalue weighted by Gasteiger charge is -2.25. The number of fused-ring (bicyclic) bond motifs is 1. The highest BCUT2D eigenvalue weighted by atomic mass is 16.3. The number of aliphatic hydroxyl groups is 1. The fourth-order valence-electron chi connectivity index (χ4n) is 1.96. The van der Waals surface area contributed by atoms with Gasteiger partial charge in [0, 0.05) is 17.6 Å². The number of hydrogen-bond donors (Lipinski definition) is 3. The average molecular weight is 260 g/mol. The first-order valence-corrected chi connectivity index (χ1v) is 6.54. The predicted octanol–water partition coefficient (Wildman–Crippen LogP) is 2.17. The normalized spacial score (nSPS) is 11.7. The van der Waals surface area contributed by atoms with E-state index in [1.54, 1.807) is 0 Å². The maximum absolute atomic E-state index is 10.3. The SMILES string of the molecule is CCC(O)(CC)CNc1ncnc2cc(N)ccc12. The second kappa shape index (κ2) is 5.40. The first kappa shape index (κ1) is 13.5. The molecule has 0 bridgehead atoms. The van der Waals surface area contributed by atoms with E-state index in [0.29, 0.717) is 25.1 Å². The molecule has 1 heterocycles. The molecule has 0 aliphatic heterocycles. The third-order valence-corrected chi connectivity index (χ3v) is 3.56. The number of nitrogens with zero attached hydrogens (tertiary/aromatic N) is 2. The second-order valence-corrected chi connectivity index (χ2v) is 4.78. The number of rotatable bonds is 5. The van der Waals surface area contributed by atoms with E-state index >= 15 is 0 Å². The van der Waals surface area contributed by atoms with Gasteiger partial charge in [-0.1, -0.05) is 13.8 Å². The van der Waals surface area contributed by atoms with Gasteiger partial charge in [-0.25, -0.2) is 9.97 Å². The predicted molar refractivity (Wildman–Crippen MR) is 78.0 cm³/mol. The highest BCUT2D eigenvalue weighted by Gasteiger charge is 2.22. The highest BCUT2D eigenvalue weighted by molar-refractivity contribution is 5.90. The van der Waals surface area contributed by atoms with E-state index in [2.05, 4.69) is 15.3 Å². The fraction of sp³-hybridized carbons (Fsp3) is 0.429. The van der Waals surface area contributed by atoms with Crippen LogP contribution in [0.1, 0.15) is 26.7 Å². The third kappa shape index (κ3) is 2.93. The highest BCUT2D eigenvalue weighted by Crippen LogP contribution is 2.22. The summed E-state index contributed by atoms with van der Waals surface area (Å²) in [5.41, 5.74) is 6.51. The molecule has 0 saturated carbocycles. The summed E-state index contributed by atoms with van der Waals surface area (Å²) >= 11 is 0. The lowest BCUT2D eigenvalue weighted by atomic mass is 9.97. The van der Waals surface area contributed by atoms with Crippen molar-refractivity contribution in [2.75, 3.05) is 17.6 Å². The van der Waals surface area contributed by atoms with Crippen LogP contribution in [0.15, 0.2) is 24.5 Å². The monoisotopic (exact) mass is 260 g/mol. The number of aromatic nitrogens is 2. The lowest BCUT2D eigenvalue weighted by molar-refractivity contribution is 0.0456. The Kier molecular flexibility index (Phi) is 3.85. The Balaban J connectivity index is 2.26. The summed E-state index contributed by atoms with van der Waals surface area (Å²) in [6.07, 6.45) is 2.90. The van der Waals surface area contributed by atoms with Crippen molar-refractivity contribution in [2.45, 2.75) is 32.3 Å². The summed E-state index contributed by atoms with van der Waals surface area (Å²) < 4.78 is 0. The van der Waals surface area contributed by atoms with Crippen LogP contribution in [0.4, 0.5) is 11.5 Å².